The highest BCUT2D eigenvalue weighted by atomic mass is 32.1. The Morgan fingerprint density at radius 2 is 2.08 bits per heavy atom. The predicted molar refractivity (Wildman–Crippen MR) is 154 cm³/mol. The third-order valence-electron chi connectivity index (χ3n) is 10.9. The number of rotatable bonds is 6. The number of hydrogen-bond donors (Lipinski definition) is 4. The third-order valence-corrected chi connectivity index (χ3v) is 11.2. The molecular formula is C31H39N3O5S. The second-order valence-electron chi connectivity index (χ2n) is 12.8. The van der Waals surface area contributed by atoms with Crippen LogP contribution >= 0.6 is 12.6 Å². The fourth-order valence-electron chi connectivity index (χ4n) is 8.89. The number of thiol groups is 1. The fourth-order valence-corrected chi connectivity index (χ4v) is 9.26. The zero-order valence-electron chi connectivity index (χ0n) is 23.4. The van der Waals surface area contributed by atoms with Crippen molar-refractivity contribution in [2.45, 2.75) is 64.1 Å². The van der Waals surface area contributed by atoms with Gasteiger partial charge in [-0.15, -0.1) is 12.6 Å². The van der Waals surface area contributed by atoms with Crippen LogP contribution in [0.15, 0.2) is 36.0 Å². The molecule has 4 aliphatic rings. The van der Waals surface area contributed by atoms with Crippen LogP contribution in [0.2, 0.25) is 0 Å². The number of ether oxygens (including phenoxy) is 1. The molecule has 0 spiro atoms. The van der Waals surface area contributed by atoms with Crippen LogP contribution in [0.25, 0.3) is 11.8 Å². The van der Waals surface area contributed by atoms with Crippen molar-refractivity contribution in [1.29, 1.82) is 0 Å². The Balaban J connectivity index is 1.30. The van der Waals surface area contributed by atoms with E-state index < -0.39 is 22.2 Å². The van der Waals surface area contributed by atoms with Crippen LogP contribution in [0.3, 0.4) is 0 Å². The molecule has 3 N–H and O–H groups in total. The zero-order valence-corrected chi connectivity index (χ0v) is 24.3. The summed E-state index contributed by atoms with van der Waals surface area (Å²) in [6, 6.07) is 7.47. The van der Waals surface area contributed by atoms with E-state index in [4.69, 9.17) is 9.84 Å². The first-order chi connectivity index (χ1) is 19.0. The SMILES string of the molecule is COCCNC(=O)c1cccc(-n2ncc3c2C=C2CC[C@@H]4C([C@@H](O)C[C@@]5(C)C4CC[C@]5(O)C(=O)S)[C@@]2(C)C3)c1. The molecule has 1 heterocycles. The van der Waals surface area contributed by atoms with Gasteiger partial charge in [0.1, 0.15) is 5.60 Å². The molecule has 3 fully saturated rings. The first kappa shape index (κ1) is 27.7. The maximum absolute atomic E-state index is 12.6. The lowest BCUT2D eigenvalue weighted by Crippen LogP contribution is -2.61. The Bertz CT molecular complexity index is 1390. The molecule has 40 heavy (non-hydrogen) atoms. The molecule has 0 radical (unpaired) electrons. The average molecular weight is 566 g/mol. The van der Waals surface area contributed by atoms with E-state index in [1.54, 1.807) is 13.2 Å². The molecule has 0 aliphatic heterocycles. The topological polar surface area (TPSA) is 114 Å². The molecule has 1 aromatic carbocycles. The van der Waals surface area contributed by atoms with Gasteiger partial charge < -0.3 is 20.3 Å². The van der Waals surface area contributed by atoms with Crippen LogP contribution in [0, 0.1) is 28.6 Å². The van der Waals surface area contributed by atoms with Crippen molar-refractivity contribution in [2.75, 3.05) is 20.3 Å². The molecular weight excluding hydrogens is 526 g/mol. The van der Waals surface area contributed by atoms with Crippen LogP contribution in [0.5, 0.6) is 0 Å². The molecule has 2 aromatic rings. The summed E-state index contributed by atoms with van der Waals surface area (Å²) >= 11 is 4.07. The quantitative estimate of drug-likeness (QED) is 0.315. The molecule has 3 saturated carbocycles. The van der Waals surface area contributed by atoms with Gasteiger partial charge in [-0.05, 0) is 91.5 Å². The minimum absolute atomic E-state index is 0.0403. The summed E-state index contributed by atoms with van der Waals surface area (Å²) in [5, 5.41) is 30.2. The standard InChI is InChI=1S/C31H39N3O5S/c1-29-15-19-17-33-34(21-6-4-5-18(13-21)27(36)32-11-12-39-3)24(19)14-20(29)7-8-22-23-9-10-31(38,28(37)40)30(23,2)16-25(35)26(22)29/h4-6,13-14,17,22-23,25-26,35,38H,7-12,15-16H2,1-3H3,(H,32,36)(H,37,40)/t22-,23?,25-,26?,29-,30-,31-/m0/s1. The van der Waals surface area contributed by atoms with Crippen LogP contribution in [-0.2, 0) is 16.0 Å². The fraction of sp³-hybridized carbons (Fsp3) is 0.581. The molecule has 6 rings (SSSR count). The van der Waals surface area contributed by atoms with Gasteiger partial charge in [0, 0.05) is 24.6 Å². The van der Waals surface area contributed by atoms with E-state index in [0.29, 0.717) is 31.6 Å². The number of nitrogens with one attached hydrogen (secondary N) is 1. The van der Waals surface area contributed by atoms with Gasteiger partial charge in [-0.25, -0.2) is 4.68 Å². The summed E-state index contributed by atoms with van der Waals surface area (Å²) in [5.74, 6) is 0.282. The minimum atomic E-state index is -1.49. The normalized spacial score (nSPS) is 36.1. The Kier molecular flexibility index (Phi) is 6.80. The van der Waals surface area contributed by atoms with Gasteiger partial charge in [0.25, 0.3) is 5.91 Å². The molecule has 7 atom stereocenters. The highest BCUT2D eigenvalue weighted by molar-refractivity contribution is 7.96. The smallest absolute Gasteiger partial charge is 0.251 e. The van der Waals surface area contributed by atoms with Crippen LogP contribution in [0.4, 0.5) is 0 Å². The maximum Gasteiger partial charge on any atom is 0.251 e. The first-order valence-corrected chi connectivity index (χ1v) is 14.8. The van der Waals surface area contributed by atoms with Gasteiger partial charge in [0.05, 0.1) is 30.3 Å². The molecule has 9 heteroatoms. The summed E-state index contributed by atoms with van der Waals surface area (Å²) in [7, 11) is 1.60. The number of methoxy groups -OCH3 is 1. The van der Waals surface area contributed by atoms with Crippen molar-refractivity contribution >= 4 is 29.7 Å². The molecule has 1 amide bonds. The summed E-state index contributed by atoms with van der Waals surface area (Å²) in [6.45, 7) is 5.16. The monoisotopic (exact) mass is 565 g/mol. The molecule has 0 saturated heterocycles. The zero-order chi connectivity index (χ0) is 28.4. The van der Waals surface area contributed by atoms with Crippen LogP contribution in [0.1, 0.15) is 67.6 Å². The van der Waals surface area contributed by atoms with E-state index in [-0.39, 0.29) is 29.1 Å². The van der Waals surface area contributed by atoms with Gasteiger partial charge in [-0.2, -0.15) is 5.10 Å². The Labute approximate surface area is 240 Å². The third kappa shape index (κ3) is 3.95. The number of allylic oxidation sites excluding steroid dienone is 1. The van der Waals surface area contributed by atoms with Crippen molar-refractivity contribution in [3.63, 3.8) is 0 Å². The van der Waals surface area contributed by atoms with Crippen molar-refractivity contribution in [1.82, 2.24) is 15.1 Å². The number of fused-ring (bicyclic) bond motifs is 6. The van der Waals surface area contributed by atoms with Crippen molar-refractivity contribution in [3.05, 3.63) is 52.9 Å². The second-order valence-corrected chi connectivity index (χ2v) is 13.2. The average Bonchev–Trinajstić information content (AvgIpc) is 3.44. The number of aliphatic hydroxyl groups is 2. The molecule has 0 bridgehead atoms. The number of hydrogen-bond acceptors (Lipinski definition) is 6. The van der Waals surface area contributed by atoms with E-state index in [0.717, 1.165) is 42.6 Å². The lowest BCUT2D eigenvalue weighted by molar-refractivity contribution is -0.173. The number of benzene rings is 1. The van der Waals surface area contributed by atoms with E-state index in [9.17, 15) is 19.8 Å². The van der Waals surface area contributed by atoms with E-state index in [1.165, 1.54) is 5.57 Å². The predicted octanol–water partition coefficient (Wildman–Crippen LogP) is 3.59. The minimum Gasteiger partial charge on any atom is -0.393 e. The van der Waals surface area contributed by atoms with E-state index in [2.05, 4.69) is 30.9 Å². The number of aromatic nitrogens is 2. The van der Waals surface area contributed by atoms with Gasteiger partial charge in [-0.3, -0.25) is 9.59 Å². The molecule has 214 valence electrons. The summed E-state index contributed by atoms with van der Waals surface area (Å²) < 4.78 is 6.94. The van der Waals surface area contributed by atoms with E-state index >= 15 is 0 Å². The number of carbonyl (C=O) groups excluding carboxylic acids is 2. The number of carbonyl (C=O) groups is 2. The van der Waals surface area contributed by atoms with Gasteiger partial charge in [-0.1, -0.05) is 25.5 Å². The Morgan fingerprint density at radius 1 is 1.27 bits per heavy atom. The van der Waals surface area contributed by atoms with E-state index in [1.807, 2.05) is 36.0 Å². The second kappa shape index (κ2) is 9.82. The number of aliphatic hydroxyl groups excluding tert-OH is 1. The molecule has 2 unspecified atom stereocenters. The lowest BCUT2D eigenvalue weighted by atomic mass is 9.45. The summed E-state index contributed by atoms with van der Waals surface area (Å²) in [6.07, 6.45) is 7.71. The number of amides is 1. The highest BCUT2D eigenvalue weighted by Gasteiger charge is 2.68. The maximum atomic E-state index is 12.6. The molecule has 1 aromatic heterocycles. The first-order valence-electron chi connectivity index (χ1n) is 14.3. The Morgan fingerprint density at radius 3 is 2.83 bits per heavy atom. The van der Waals surface area contributed by atoms with Crippen LogP contribution in [-0.4, -0.2) is 63.0 Å². The highest BCUT2D eigenvalue weighted by Crippen LogP contribution is 2.67. The van der Waals surface area contributed by atoms with Crippen molar-refractivity contribution in [3.8, 4) is 5.69 Å². The van der Waals surface area contributed by atoms with Gasteiger partial charge in [0.2, 0.25) is 5.12 Å². The molecule has 4 aliphatic carbocycles. The largest absolute Gasteiger partial charge is 0.393 e. The molecule has 8 nitrogen and oxygen atoms in total. The van der Waals surface area contributed by atoms with Gasteiger partial charge >= 0.3 is 0 Å². The Hall–Kier alpha value is -2.46. The van der Waals surface area contributed by atoms with Crippen molar-refractivity contribution in [2.24, 2.45) is 28.6 Å². The van der Waals surface area contributed by atoms with Gasteiger partial charge in [0.15, 0.2) is 0 Å². The van der Waals surface area contributed by atoms with Crippen molar-refractivity contribution < 1.29 is 24.5 Å². The lowest BCUT2D eigenvalue weighted by Gasteiger charge is -2.60. The van der Waals surface area contributed by atoms with Crippen LogP contribution < -0.4 is 5.32 Å². The summed E-state index contributed by atoms with van der Waals surface area (Å²) in [5.41, 5.74) is 2.46. The number of nitrogens with zero attached hydrogens (tertiary/aromatic N) is 2. The summed E-state index contributed by atoms with van der Waals surface area (Å²) in [4.78, 5) is 25.1.